The Hall–Kier alpha value is -4.86. The van der Waals surface area contributed by atoms with Gasteiger partial charge in [0.2, 0.25) is 5.84 Å². The highest BCUT2D eigenvalue weighted by molar-refractivity contribution is 6.50. The minimum atomic E-state index is -0.452. The molecule has 0 unspecified atom stereocenters. The average molecular weight is 451 g/mol. The van der Waals surface area contributed by atoms with Gasteiger partial charge in [-0.3, -0.25) is 19.9 Å². The van der Waals surface area contributed by atoms with E-state index in [4.69, 9.17) is 10.1 Å². The van der Waals surface area contributed by atoms with E-state index in [1.165, 1.54) is 12.1 Å². The number of anilines is 2. The quantitative estimate of drug-likeness (QED) is 0.370. The lowest BCUT2D eigenvalue weighted by Crippen LogP contribution is -2.48. The molecule has 0 spiro atoms. The van der Waals surface area contributed by atoms with Crippen molar-refractivity contribution in [3.8, 4) is 5.69 Å². The van der Waals surface area contributed by atoms with Crippen molar-refractivity contribution in [1.29, 1.82) is 0 Å². The Labute approximate surface area is 193 Å². The van der Waals surface area contributed by atoms with Crippen LogP contribution in [0, 0.1) is 17.0 Å². The molecule has 1 atom stereocenters. The summed E-state index contributed by atoms with van der Waals surface area (Å²) < 4.78 is 1.61. The monoisotopic (exact) mass is 451 g/mol. The number of amides is 1. The third kappa shape index (κ3) is 2.89. The van der Waals surface area contributed by atoms with Crippen LogP contribution in [-0.4, -0.2) is 31.4 Å². The molecule has 2 aliphatic heterocycles. The molecule has 1 amide bonds. The zero-order valence-corrected chi connectivity index (χ0v) is 17.9. The minimum Gasteiger partial charge on any atom is -0.317 e. The maximum Gasteiger partial charge on any atom is 0.291 e. The summed E-state index contributed by atoms with van der Waals surface area (Å²) in [6.45, 7) is 1.88. The van der Waals surface area contributed by atoms with Gasteiger partial charge in [0.15, 0.2) is 5.82 Å². The number of carbonyl (C=O) groups is 1. The zero-order valence-electron chi connectivity index (χ0n) is 17.9. The number of aromatic nitrogens is 3. The standard InChI is InChI=1S/C24H17N7O3/c1-14-20-21(18-7-4-5-13-25-18)29-19-8-3-2-6-17(19)26-24(32)23(29)27-22(20)30(28-14)15-9-11-16(12-10-15)31(33)34/h2-13,21H,1H3,(H,26,32)/t21-/m1/s1. The molecule has 0 radical (unpaired) electrons. The first kappa shape index (κ1) is 19.8. The van der Waals surface area contributed by atoms with Crippen LogP contribution in [0.1, 0.15) is 23.0 Å². The Balaban J connectivity index is 1.61. The largest absolute Gasteiger partial charge is 0.317 e. The fourth-order valence-electron chi connectivity index (χ4n) is 4.45. The Kier molecular flexibility index (Phi) is 4.27. The number of hydrogen-bond donors (Lipinski definition) is 1. The third-order valence-electron chi connectivity index (χ3n) is 5.94. The molecule has 4 heterocycles. The number of aliphatic imine (C=N–C) groups is 1. The van der Waals surface area contributed by atoms with Gasteiger partial charge in [-0.15, -0.1) is 0 Å². The van der Waals surface area contributed by atoms with Crippen molar-refractivity contribution in [3.63, 3.8) is 0 Å². The minimum absolute atomic E-state index is 0.0198. The van der Waals surface area contributed by atoms with Crippen molar-refractivity contribution in [3.05, 3.63) is 100.0 Å². The molecule has 0 aliphatic carbocycles. The molecule has 34 heavy (non-hydrogen) atoms. The lowest BCUT2D eigenvalue weighted by atomic mass is 9.96. The van der Waals surface area contributed by atoms with E-state index in [1.54, 1.807) is 23.0 Å². The normalized spacial score (nSPS) is 16.1. The number of non-ortho nitro benzene ring substituents is 1. The number of para-hydroxylation sites is 2. The van der Waals surface area contributed by atoms with Crippen LogP contribution in [0.15, 0.2) is 77.9 Å². The van der Waals surface area contributed by atoms with E-state index in [-0.39, 0.29) is 17.4 Å². The van der Waals surface area contributed by atoms with E-state index in [1.807, 2.05) is 54.3 Å². The second-order valence-electron chi connectivity index (χ2n) is 7.94. The van der Waals surface area contributed by atoms with Crippen molar-refractivity contribution in [2.45, 2.75) is 13.0 Å². The second kappa shape index (κ2) is 7.34. The molecule has 166 valence electrons. The number of carbonyl (C=O) groups excluding carboxylic acids is 1. The van der Waals surface area contributed by atoms with Crippen LogP contribution >= 0.6 is 0 Å². The van der Waals surface area contributed by atoms with Crippen LogP contribution in [0.5, 0.6) is 0 Å². The molecule has 0 saturated heterocycles. The maximum absolute atomic E-state index is 13.1. The summed E-state index contributed by atoms with van der Waals surface area (Å²) in [4.78, 5) is 35.0. The molecule has 0 bridgehead atoms. The number of fused-ring (bicyclic) bond motifs is 4. The van der Waals surface area contributed by atoms with Gasteiger partial charge in [0.25, 0.3) is 11.6 Å². The van der Waals surface area contributed by atoms with Crippen molar-refractivity contribution in [2.75, 3.05) is 10.2 Å². The molecule has 4 aromatic rings. The molecular weight excluding hydrogens is 434 g/mol. The Morgan fingerprint density at radius 3 is 2.53 bits per heavy atom. The van der Waals surface area contributed by atoms with Gasteiger partial charge < -0.3 is 10.2 Å². The maximum atomic E-state index is 13.1. The number of nitrogens with one attached hydrogen (secondary N) is 1. The molecule has 10 heteroatoms. The van der Waals surface area contributed by atoms with Crippen LogP contribution in [0.25, 0.3) is 5.69 Å². The van der Waals surface area contributed by atoms with Gasteiger partial charge in [-0.1, -0.05) is 18.2 Å². The number of rotatable bonds is 3. The lowest BCUT2D eigenvalue weighted by molar-refractivity contribution is -0.384. The predicted octanol–water partition coefficient (Wildman–Crippen LogP) is 4.08. The highest BCUT2D eigenvalue weighted by Gasteiger charge is 2.43. The van der Waals surface area contributed by atoms with Crippen molar-refractivity contribution < 1.29 is 9.72 Å². The van der Waals surface area contributed by atoms with Gasteiger partial charge in [0.1, 0.15) is 6.04 Å². The molecule has 1 N–H and O–H groups in total. The molecule has 0 saturated carbocycles. The highest BCUT2D eigenvalue weighted by atomic mass is 16.6. The second-order valence-corrected chi connectivity index (χ2v) is 7.94. The summed E-state index contributed by atoms with van der Waals surface area (Å²) >= 11 is 0. The lowest BCUT2D eigenvalue weighted by Gasteiger charge is -2.39. The topological polar surface area (TPSA) is 119 Å². The van der Waals surface area contributed by atoms with Crippen LogP contribution in [0.4, 0.5) is 22.9 Å². The number of nitro benzene ring substituents is 1. The molecule has 2 aliphatic rings. The van der Waals surface area contributed by atoms with Crippen LogP contribution in [0.2, 0.25) is 0 Å². The SMILES string of the molecule is Cc1nn(-c2ccc([N+](=O)[O-])cc2)c2c1[C@@H](c1ccccn1)N1C(=N2)C(=O)Nc2ccccc21. The van der Waals surface area contributed by atoms with E-state index in [9.17, 15) is 14.9 Å². The smallest absolute Gasteiger partial charge is 0.291 e. The summed E-state index contributed by atoms with van der Waals surface area (Å²) in [5.41, 5.74) is 4.35. The van der Waals surface area contributed by atoms with E-state index in [0.717, 1.165) is 22.6 Å². The number of nitrogens with zero attached hydrogens (tertiary/aromatic N) is 6. The summed E-state index contributed by atoms with van der Waals surface area (Å²) in [6, 6.07) is 18.8. The van der Waals surface area contributed by atoms with Gasteiger partial charge in [0.05, 0.1) is 33.4 Å². The number of amidine groups is 1. The van der Waals surface area contributed by atoms with E-state index >= 15 is 0 Å². The number of aryl methyl sites for hydroxylation is 1. The molecule has 2 aromatic carbocycles. The first-order valence-electron chi connectivity index (χ1n) is 10.6. The first-order valence-corrected chi connectivity index (χ1v) is 10.6. The summed E-state index contributed by atoms with van der Waals surface area (Å²) in [6.07, 6.45) is 1.71. The third-order valence-corrected chi connectivity index (χ3v) is 5.94. The average Bonchev–Trinajstić information content (AvgIpc) is 3.19. The number of nitro groups is 1. The number of pyridine rings is 1. The number of benzene rings is 2. The summed E-state index contributed by atoms with van der Waals surface area (Å²) in [7, 11) is 0. The fraction of sp³-hybridized carbons (Fsp3) is 0.0833. The number of hydrogen-bond acceptors (Lipinski definition) is 7. The van der Waals surface area contributed by atoms with Gasteiger partial charge in [-0.25, -0.2) is 9.67 Å². The molecule has 2 aromatic heterocycles. The van der Waals surface area contributed by atoms with Crippen molar-refractivity contribution in [2.24, 2.45) is 4.99 Å². The van der Waals surface area contributed by atoms with Gasteiger partial charge in [0, 0.05) is 23.9 Å². The van der Waals surface area contributed by atoms with Crippen LogP contribution < -0.4 is 10.2 Å². The van der Waals surface area contributed by atoms with Gasteiger partial charge in [-0.05, 0) is 43.3 Å². The van der Waals surface area contributed by atoms with Crippen molar-refractivity contribution >= 4 is 34.6 Å². The van der Waals surface area contributed by atoms with E-state index in [2.05, 4.69) is 10.3 Å². The van der Waals surface area contributed by atoms with Crippen molar-refractivity contribution in [1.82, 2.24) is 14.8 Å². The molecule has 0 fully saturated rings. The molecule has 6 rings (SSSR count). The van der Waals surface area contributed by atoms with Gasteiger partial charge in [-0.2, -0.15) is 5.10 Å². The zero-order chi connectivity index (χ0) is 23.4. The van der Waals surface area contributed by atoms with Crippen LogP contribution in [0.3, 0.4) is 0 Å². The van der Waals surface area contributed by atoms with Gasteiger partial charge >= 0.3 is 0 Å². The Morgan fingerprint density at radius 1 is 1.03 bits per heavy atom. The van der Waals surface area contributed by atoms with E-state index < -0.39 is 11.0 Å². The molecular formula is C24H17N7O3. The fourth-order valence-corrected chi connectivity index (χ4v) is 4.45. The highest BCUT2D eigenvalue weighted by Crippen LogP contribution is 2.46. The van der Waals surface area contributed by atoms with E-state index in [0.29, 0.717) is 17.2 Å². The first-order chi connectivity index (χ1) is 16.5. The summed E-state index contributed by atoms with van der Waals surface area (Å²) in [5.74, 6) is 0.382. The Bertz CT molecular complexity index is 1490. The predicted molar refractivity (Wildman–Crippen MR) is 126 cm³/mol. The van der Waals surface area contributed by atoms with Crippen LogP contribution in [-0.2, 0) is 4.79 Å². The molecule has 10 nitrogen and oxygen atoms in total. The Morgan fingerprint density at radius 2 is 1.79 bits per heavy atom. The summed E-state index contributed by atoms with van der Waals surface area (Å²) in [5, 5.41) is 18.7.